The largest absolute Gasteiger partial charge is 0.456 e. The predicted molar refractivity (Wildman–Crippen MR) is 193 cm³/mol. The van der Waals surface area contributed by atoms with Crippen LogP contribution in [0.3, 0.4) is 0 Å². The van der Waals surface area contributed by atoms with Crippen LogP contribution in [-0.2, 0) is 0 Å². The zero-order valence-corrected chi connectivity index (χ0v) is 25.2. The summed E-state index contributed by atoms with van der Waals surface area (Å²) >= 11 is 0. The molecule has 218 valence electrons. The summed E-state index contributed by atoms with van der Waals surface area (Å²) in [6.45, 7) is 0. The Kier molecular flexibility index (Phi) is 5.54. The van der Waals surface area contributed by atoms with Gasteiger partial charge in [0, 0.05) is 27.5 Å². The van der Waals surface area contributed by atoms with E-state index in [1.54, 1.807) is 0 Å². The zero-order valence-electron chi connectivity index (χ0n) is 25.2. The second-order valence-corrected chi connectivity index (χ2v) is 12.0. The van der Waals surface area contributed by atoms with E-state index >= 15 is 0 Å². The van der Waals surface area contributed by atoms with Gasteiger partial charge in [0.2, 0.25) is 0 Å². The lowest BCUT2D eigenvalue weighted by Gasteiger charge is -2.12. The van der Waals surface area contributed by atoms with E-state index in [9.17, 15) is 0 Å². The molecule has 10 aromatic rings. The Morgan fingerprint density at radius 2 is 0.851 bits per heavy atom. The molecule has 4 nitrogen and oxygen atoms in total. The highest BCUT2D eigenvalue weighted by Crippen LogP contribution is 2.36. The summed E-state index contributed by atoms with van der Waals surface area (Å²) in [7, 11) is 0. The van der Waals surface area contributed by atoms with Crippen molar-refractivity contribution in [3.05, 3.63) is 152 Å². The maximum Gasteiger partial charge on any atom is 0.164 e. The van der Waals surface area contributed by atoms with Gasteiger partial charge >= 0.3 is 0 Å². The van der Waals surface area contributed by atoms with Crippen molar-refractivity contribution in [2.45, 2.75) is 0 Å². The van der Waals surface area contributed by atoms with Crippen molar-refractivity contribution in [1.82, 2.24) is 15.0 Å². The summed E-state index contributed by atoms with van der Waals surface area (Å²) in [6, 6.07) is 52.9. The molecule has 0 N–H and O–H groups in total. The first-order valence-corrected chi connectivity index (χ1v) is 15.8. The number of benzene rings is 8. The fraction of sp³-hybridized carbons (Fsp3) is 0. The Labute approximate surface area is 269 Å². The first-order chi connectivity index (χ1) is 23.3. The van der Waals surface area contributed by atoms with E-state index < -0.39 is 0 Å². The monoisotopic (exact) mass is 599 g/mol. The lowest BCUT2D eigenvalue weighted by molar-refractivity contribution is 0.669. The molecule has 2 aromatic heterocycles. The molecule has 0 aliphatic heterocycles. The average Bonchev–Trinajstić information content (AvgIpc) is 3.52. The Hall–Kier alpha value is -6.39. The number of aromatic nitrogens is 3. The van der Waals surface area contributed by atoms with E-state index in [2.05, 4.69) is 127 Å². The minimum Gasteiger partial charge on any atom is -0.456 e. The van der Waals surface area contributed by atoms with Crippen molar-refractivity contribution in [2.75, 3.05) is 0 Å². The van der Waals surface area contributed by atoms with Crippen molar-refractivity contribution < 1.29 is 4.42 Å². The van der Waals surface area contributed by atoms with Crippen LogP contribution in [0, 0.1) is 0 Å². The summed E-state index contributed by atoms with van der Waals surface area (Å²) in [5.74, 6) is 1.87. The van der Waals surface area contributed by atoms with Gasteiger partial charge in [0.05, 0.1) is 0 Å². The number of hydrogen-bond donors (Lipinski definition) is 0. The molecule has 0 fully saturated rings. The molecule has 0 saturated heterocycles. The zero-order chi connectivity index (χ0) is 30.9. The molecule has 0 spiro atoms. The quantitative estimate of drug-likeness (QED) is 0.190. The second-order valence-electron chi connectivity index (χ2n) is 12.0. The summed E-state index contributed by atoms with van der Waals surface area (Å²) in [4.78, 5) is 15.3. The molecule has 0 saturated carbocycles. The molecular formula is C43H25N3O. The van der Waals surface area contributed by atoms with Crippen molar-refractivity contribution >= 4 is 65.0 Å². The highest BCUT2D eigenvalue weighted by atomic mass is 16.3. The van der Waals surface area contributed by atoms with Gasteiger partial charge in [-0.2, -0.15) is 0 Å². The van der Waals surface area contributed by atoms with Gasteiger partial charge in [0.25, 0.3) is 0 Å². The first-order valence-electron chi connectivity index (χ1n) is 15.8. The Bertz CT molecular complexity index is 2860. The SMILES string of the molecule is c1ccc2c(-c3nc(-c4ccc5c(ccc6c7ccccc7ccc56)c4)nc(-c4ccc5c(c4)oc4ccccc45)n3)cccc2c1. The van der Waals surface area contributed by atoms with Crippen LogP contribution in [0.4, 0.5) is 0 Å². The van der Waals surface area contributed by atoms with E-state index in [4.69, 9.17) is 19.4 Å². The highest BCUT2D eigenvalue weighted by Gasteiger charge is 2.16. The Morgan fingerprint density at radius 1 is 0.319 bits per heavy atom. The van der Waals surface area contributed by atoms with Crippen LogP contribution >= 0.6 is 0 Å². The molecule has 4 heteroatoms. The van der Waals surface area contributed by atoms with Crippen LogP contribution in [-0.4, -0.2) is 15.0 Å². The second kappa shape index (κ2) is 10.1. The lowest BCUT2D eigenvalue weighted by Crippen LogP contribution is -2.00. The molecule has 47 heavy (non-hydrogen) atoms. The Morgan fingerprint density at radius 3 is 1.66 bits per heavy atom. The van der Waals surface area contributed by atoms with Gasteiger partial charge < -0.3 is 4.42 Å². The molecule has 10 rings (SSSR count). The molecule has 0 amide bonds. The lowest BCUT2D eigenvalue weighted by atomic mass is 9.96. The van der Waals surface area contributed by atoms with E-state index in [0.717, 1.165) is 54.8 Å². The minimum absolute atomic E-state index is 0.602. The van der Waals surface area contributed by atoms with Crippen LogP contribution in [0.5, 0.6) is 0 Å². The summed E-state index contributed by atoms with van der Waals surface area (Å²) in [5.41, 5.74) is 4.45. The van der Waals surface area contributed by atoms with E-state index in [1.165, 1.54) is 26.9 Å². The number of hydrogen-bond acceptors (Lipinski definition) is 4. The average molecular weight is 600 g/mol. The van der Waals surface area contributed by atoms with E-state index in [-0.39, 0.29) is 0 Å². The minimum atomic E-state index is 0.602. The predicted octanol–water partition coefficient (Wildman–Crippen LogP) is 11.4. The third kappa shape index (κ3) is 4.12. The highest BCUT2D eigenvalue weighted by molar-refractivity contribution is 6.17. The van der Waals surface area contributed by atoms with Crippen molar-refractivity contribution in [3.63, 3.8) is 0 Å². The van der Waals surface area contributed by atoms with E-state index in [1.807, 2.05) is 24.3 Å². The van der Waals surface area contributed by atoms with Gasteiger partial charge in [-0.1, -0.05) is 127 Å². The smallest absolute Gasteiger partial charge is 0.164 e. The number of nitrogens with zero attached hydrogens (tertiary/aromatic N) is 3. The summed E-state index contributed by atoms with van der Waals surface area (Å²) < 4.78 is 6.24. The van der Waals surface area contributed by atoms with Crippen molar-refractivity contribution in [1.29, 1.82) is 0 Å². The third-order valence-corrected chi connectivity index (χ3v) is 9.30. The van der Waals surface area contributed by atoms with E-state index in [0.29, 0.717) is 17.5 Å². The maximum atomic E-state index is 6.24. The number of furan rings is 1. The van der Waals surface area contributed by atoms with Crippen LogP contribution in [0.25, 0.3) is 99.2 Å². The fourth-order valence-electron chi connectivity index (χ4n) is 7.01. The molecule has 0 radical (unpaired) electrons. The van der Waals surface area contributed by atoms with Gasteiger partial charge in [-0.15, -0.1) is 0 Å². The van der Waals surface area contributed by atoms with Gasteiger partial charge in [-0.25, -0.2) is 15.0 Å². The fourth-order valence-corrected chi connectivity index (χ4v) is 7.01. The van der Waals surface area contributed by atoms with Gasteiger partial charge in [-0.3, -0.25) is 0 Å². The topological polar surface area (TPSA) is 51.8 Å². The van der Waals surface area contributed by atoms with Crippen LogP contribution < -0.4 is 0 Å². The molecule has 0 unspecified atom stereocenters. The number of fused-ring (bicyclic) bond motifs is 9. The van der Waals surface area contributed by atoms with Crippen LogP contribution in [0.2, 0.25) is 0 Å². The standard InChI is InChI=1S/C43H25N3O/c1-4-12-32-26(8-1)10-7-14-38(32)43-45-41(44-42(46-43)30-19-23-37-36-13-5-6-15-39(36)47-40(37)25-30)29-18-20-33-28(24-29)17-22-34-31-11-3-2-9-27(31)16-21-35(33)34/h1-25H. The molecule has 0 atom stereocenters. The molecule has 0 aliphatic carbocycles. The van der Waals surface area contributed by atoms with Gasteiger partial charge in [-0.05, 0) is 67.4 Å². The molecule has 0 aliphatic rings. The summed E-state index contributed by atoms with van der Waals surface area (Å²) in [6.07, 6.45) is 0. The van der Waals surface area contributed by atoms with Crippen LogP contribution in [0.15, 0.2) is 156 Å². The first kappa shape index (κ1) is 25.9. The third-order valence-electron chi connectivity index (χ3n) is 9.30. The van der Waals surface area contributed by atoms with Crippen molar-refractivity contribution in [3.8, 4) is 34.2 Å². The number of para-hydroxylation sites is 1. The molecular weight excluding hydrogens is 574 g/mol. The normalized spacial score (nSPS) is 11.8. The Balaban J connectivity index is 1.18. The number of rotatable bonds is 3. The molecule has 2 heterocycles. The molecule has 0 bridgehead atoms. The van der Waals surface area contributed by atoms with Crippen molar-refractivity contribution in [2.24, 2.45) is 0 Å². The van der Waals surface area contributed by atoms with Gasteiger partial charge in [0.15, 0.2) is 17.5 Å². The van der Waals surface area contributed by atoms with Gasteiger partial charge in [0.1, 0.15) is 11.2 Å². The maximum absolute atomic E-state index is 6.24. The van der Waals surface area contributed by atoms with Crippen LogP contribution in [0.1, 0.15) is 0 Å². The summed E-state index contributed by atoms with van der Waals surface area (Å²) in [5, 5.41) is 11.8. The molecule has 8 aromatic carbocycles.